The van der Waals surface area contributed by atoms with E-state index in [0.29, 0.717) is 34.5 Å². The number of carbonyl (C=O) groups excluding carboxylic acids is 1. The van der Waals surface area contributed by atoms with Crippen molar-refractivity contribution in [3.63, 3.8) is 0 Å². The molecular formula is C26H20ClNO3. The number of aryl methyl sites for hydroxylation is 1. The van der Waals surface area contributed by atoms with Gasteiger partial charge in [0.2, 0.25) is 5.78 Å². The van der Waals surface area contributed by atoms with E-state index in [1.165, 1.54) is 0 Å². The molecule has 0 saturated carbocycles. The Morgan fingerprint density at radius 2 is 1.84 bits per heavy atom. The number of fused-ring (bicyclic) bond motifs is 2. The number of rotatable bonds is 4. The van der Waals surface area contributed by atoms with Gasteiger partial charge in [0.15, 0.2) is 5.76 Å². The Morgan fingerprint density at radius 1 is 1.06 bits per heavy atom. The summed E-state index contributed by atoms with van der Waals surface area (Å²) in [6, 6.07) is 19.2. The first-order valence-electron chi connectivity index (χ1n) is 10.0. The predicted molar refractivity (Wildman–Crippen MR) is 123 cm³/mol. The quantitative estimate of drug-likeness (QED) is 0.355. The van der Waals surface area contributed by atoms with Gasteiger partial charge in [-0.05, 0) is 48.9 Å². The number of carbonyl (C=O) groups is 1. The van der Waals surface area contributed by atoms with Gasteiger partial charge >= 0.3 is 0 Å². The van der Waals surface area contributed by atoms with Crippen LogP contribution >= 0.6 is 11.6 Å². The van der Waals surface area contributed by atoms with Crippen LogP contribution in [0.2, 0.25) is 5.02 Å². The van der Waals surface area contributed by atoms with Gasteiger partial charge in [-0.25, -0.2) is 0 Å². The van der Waals surface area contributed by atoms with Gasteiger partial charge in [0, 0.05) is 40.3 Å². The van der Waals surface area contributed by atoms with E-state index < -0.39 is 0 Å². The molecule has 1 aromatic heterocycles. The molecule has 0 spiro atoms. The van der Waals surface area contributed by atoms with E-state index >= 15 is 0 Å². The molecule has 31 heavy (non-hydrogen) atoms. The summed E-state index contributed by atoms with van der Waals surface area (Å²) >= 11 is 5.94. The second-order valence-electron chi connectivity index (χ2n) is 7.63. The van der Waals surface area contributed by atoms with Crippen molar-refractivity contribution in [2.75, 3.05) is 0 Å². The molecule has 1 aliphatic rings. The Hall–Kier alpha value is -3.50. The molecule has 5 rings (SSSR count). The highest BCUT2D eigenvalue weighted by atomic mass is 35.5. The van der Waals surface area contributed by atoms with Crippen molar-refractivity contribution in [2.24, 2.45) is 7.05 Å². The molecule has 0 N–H and O–H groups in total. The zero-order valence-electron chi connectivity index (χ0n) is 17.2. The van der Waals surface area contributed by atoms with Gasteiger partial charge in [-0.3, -0.25) is 4.79 Å². The minimum absolute atomic E-state index is 0.115. The summed E-state index contributed by atoms with van der Waals surface area (Å²) < 4.78 is 14.0. The number of nitrogens with zero attached hydrogens (tertiary/aromatic N) is 1. The molecular weight excluding hydrogens is 410 g/mol. The van der Waals surface area contributed by atoms with Gasteiger partial charge in [-0.15, -0.1) is 0 Å². The van der Waals surface area contributed by atoms with Crippen LogP contribution in [0.1, 0.15) is 27.0 Å². The average molecular weight is 430 g/mol. The number of hydrogen-bond donors (Lipinski definition) is 0. The molecule has 0 aliphatic carbocycles. The highest BCUT2D eigenvalue weighted by Crippen LogP contribution is 2.40. The van der Waals surface area contributed by atoms with Gasteiger partial charge in [-0.1, -0.05) is 41.9 Å². The monoisotopic (exact) mass is 429 g/mol. The highest BCUT2D eigenvalue weighted by Gasteiger charge is 2.30. The molecule has 0 unspecified atom stereocenters. The topological polar surface area (TPSA) is 40.5 Å². The lowest BCUT2D eigenvalue weighted by Gasteiger charge is -2.11. The van der Waals surface area contributed by atoms with Crippen molar-refractivity contribution in [3.05, 3.63) is 99.9 Å². The van der Waals surface area contributed by atoms with Gasteiger partial charge < -0.3 is 14.0 Å². The molecule has 0 saturated heterocycles. The minimum Gasteiger partial charge on any atom is -0.488 e. The van der Waals surface area contributed by atoms with Crippen LogP contribution < -0.4 is 9.47 Å². The maximum Gasteiger partial charge on any atom is 0.231 e. The second kappa shape index (κ2) is 7.64. The Morgan fingerprint density at radius 3 is 2.65 bits per heavy atom. The van der Waals surface area contributed by atoms with Crippen LogP contribution in [0.25, 0.3) is 17.0 Å². The van der Waals surface area contributed by atoms with E-state index in [1.807, 2.05) is 79.3 Å². The Labute approximate surface area is 185 Å². The van der Waals surface area contributed by atoms with Gasteiger partial charge in [0.1, 0.15) is 18.1 Å². The highest BCUT2D eigenvalue weighted by molar-refractivity contribution is 6.30. The molecule has 4 aromatic rings. The fourth-order valence-electron chi connectivity index (χ4n) is 3.90. The van der Waals surface area contributed by atoms with E-state index in [1.54, 1.807) is 6.07 Å². The summed E-state index contributed by atoms with van der Waals surface area (Å²) in [5.41, 5.74) is 4.43. The number of ketones is 1. The molecule has 0 fully saturated rings. The smallest absolute Gasteiger partial charge is 0.231 e. The van der Waals surface area contributed by atoms with Crippen LogP contribution in [0, 0.1) is 6.92 Å². The molecule has 0 atom stereocenters. The summed E-state index contributed by atoms with van der Waals surface area (Å²) in [6.07, 6.45) is 3.82. The van der Waals surface area contributed by atoms with Crippen LogP contribution in [-0.4, -0.2) is 10.4 Å². The van der Waals surface area contributed by atoms with Crippen molar-refractivity contribution >= 4 is 34.4 Å². The summed E-state index contributed by atoms with van der Waals surface area (Å²) in [5.74, 6) is 1.46. The van der Waals surface area contributed by atoms with Crippen LogP contribution in [-0.2, 0) is 13.7 Å². The molecule has 4 nitrogen and oxygen atoms in total. The third-order valence-corrected chi connectivity index (χ3v) is 5.81. The SMILES string of the molecule is Cc1c(OCc2ccc(Cl)cc2)ccc2c1O/C(=C/c1cn(C)c3ccccc13)C2=O. The molecule has 0 radical (unpaired) electrons. The molecule has 0 bridgehead atoms. The van der Waals surface area contributed by atoms with Crippen LogP contribution in [0.3, 0.4) is 0 Å². The number of ether oxygens (including phenoxy) is 2. The lowest BCUT2D eigenvalue weighted by Crippen LogP contribution is -1.98. The number of halogens is 1. The second-order valence-corrected chi connectivity index (χ2v) is 8.07. The average Bonchev–Trinajstić information content (AvgIpc) is 3.27. The van der Waals surface area contributed by atoms with Crippen molar-refractivity contribution < 1.29 is 14.3 Å². The number of Topliss-reactive ketones (excluding diaryl/α,β-unsaturated/α-hetero) is 1. The van der Waals surface area contributed by atoms with E-state index in [9.17, 15) is 4.79 Å². The fourth-order valence-corrected chi connectivity index (χ4v) is 4.02. The lowest BCUT2D eigenvalue weighted by atomic mass is 10.1. The van der Waals surface area contributed by atoms with Crippen LogP contribution in [0.15, 0.2) is 72.6 Å². The number of aromatic nitrogens is 1. The summed E-state index contributed by atoms with van der Waals surface area (Å²) in [6.45, 7) is 2.31. The standard InChI is InChI=1S/C26H20ClNO3/c1-16-23(30-15-17-7-9-19(27)10-8-17)12-11-21-25(29)24(31-26(16)21)13-18-14-28(2)22-6-4-3-5-20(18)22/h3-14H,15H2,1-2H3/b24-13+. The summed E-state index contributed by atoms with van der Waals surface area (Å²) in [5, 5.41) is 1.77. The van der Waals surface area contributed by atoms with Gasteiger partial charge in [-0.2, -0.15) is 0 Å². The number of allylic oxidation sites excluding steroid dienone is 1. The largest absolute Gasteiger partial charge is 0.488 e. The Kier molecular flexibility index (Phi) is 4.79. The van der Waals surface area contributed by atoms with E-state index in [-0.39, 0.29) is 5.78 Å². The summed E-state index contributed by atoms with van der Waals surface area (Å²) in [4.78, 5) is 13.0. The lowest BCUT2D eigenvalue weighted by molar-refractivity contribution is 0.101. The normalized spacial score (nSPS) is 14.2. The summed E-state index contributed by atoms with van der Waals surface area (Å²) in [7, 11) is 1.99. The maximum atomic E-state index is 13.0. The first-order chi connectivity index (χ1) is 15.0. The third kappa shape index (κ3) is 3.49. The molecule has 154 valence electrons. The van der Waals surface area contributed by atoms with Gasteiger partial charge in [0.05, 0.1) is 5.56 Å². The Balaban J connectivity index is 1.43. The van der Waals surface area contributed by atoms with Crippen LogP contribution in [0.5, 0.6) is 11.5 Å². The minimum atomic E-state index is -0.115. The molecule has 5 heteroatoms. The van der Waals surface area contributed by atoms with Crippen LogP contribution in [0.4, 0.5) is 0 Å². The molecule has 0 amide bonds. The van der Waals surface area contributed by atoms with Gasteiger partial charge in [0.25, 0.3) is 0 Å². The number of hydrogen-bond acceptors (Lipinski definition) is 3. The van der Waals surface area contributed by atoms with Crippen molar-refractivity contribution in [3.8, 4) is 11.5 Å². The molecule has 2 heterocycles. The maximum absolute atomic E-state index is 13.0. The van der Waals surface area contributed by atoms with Crippen molar-refractivity contribution in [2.45, 2.75) is 13.5 Å². The van der Waals surface area contributed by atoms with Crippen molar-refractivity contribution in [1.29, 1.82) is 0 Å². The first kappa shape index (κ1) is 19.5. The molecule has 3 aromatic carbocycles. The first-order valence-corrected chi connectivity index (χ1v) is 10.4. The predicted octanol–water partition coefficient (Wildman–Crippen LogP) is 6.34. The molecule has 1 aliphatic heterocycles. The van der Waals surface area contributed by atoms with Crippen molar-refractivity contribution in [1.82, 2.24) is 4.57 Å². The van der Waals surface area contributed by atoms with E-state index in [0.717, 1.165) is 27.6 Å². The van der Waals surface area contributed by atoms with E-state index in [2.05, 4.69) is 6.07 Å². The number of para-hydroxylation sites is 1. The third-order valence-electron chi connectivity index (χ3n) is 5.56. The fraction of sp³-hybridized carbons (Fsp3) is 0.115. The zero-order chi connectivity index (χ0) is 21.5. The zero-order valence-corrected chi connectivity index (χ0v) is 17.9. The number of benzene rings is 3. The van der Waals surface area contributed by atoms with E-state index in [4.69, 9.17) is 21.1 Å². The Bertz CT molecular complexity index is 1350.